The highest BCUT2D eigenvalue weighted by atomic mass is 19.4. The van der Waals surface area contributed by atoms with E-state index >= 15 is 0 Å². The van der Waals surface area contributed by atoms with Gasteiger partial charge in [-0.1, -0.05) is 18.2 Å². The van der Waals surface area contributed by atoms with Gasteiger partial charge in [0.2, 0.25) is 0 Å². The smallest absolute Gasteiger partial charge is 0.449 e. The lowest BCUT2D eigenvalue weighted by Crippen LogP contribution is -2.30. The molecule has 0 saturated carbocycles. The highest BCUT2D eigenvalue weighted by Gasteiger charge is 2.31. The van der Waals surface area contributed by atoms with Gasteiger partial charge >= 0.3 is 12.3 Å². The van der Waals surface area contributed by atoms with Crippen LogP contribution in [-0.4, -0.2) is 24.3 Å². The van der Waals surface area contributed by atoms with Gasteiger partial charge in [0.25, 0.3) is 5.91 Å². The molecule has 0 aliphatic heterocycles. The minimum absolute atomic E-state index is 0.239. The van der Waals surface area contributed by atoms with E-state index in [0.29, 0.717) is 11.1 Å². The fraction of sp³-hybridized carbons (Fsp3) is 0.222. The van der Waals surface area contributed by atoms with Gasteiger partial charge in [-0.15, -0.1) is 13.2 Å². The maximum atomic E-state index is 12.1. The molecule has 0 aromatic heterocycles. The molecule has 0 radical (unpaired) electrons. The molecule has 138 valence electrons. The fourth-order valence-corrected chi connectivity index (χ4v) is 2.06. The Bertz CT molecular complexity index is 788. The van der Waals surface area contributed by atoms with E-state index in [4.69, 9.17) is 4.74 Å². The number of alkyl halides is 3. The van der Waals surface area contributed by atoms with Crippen LogP contribution in [0.2, 0.25) is 0 Å². The van der Waals surface area contributed by atoms with Crippen molar-refractivity contribution < 1.29 is 32.2 Å². The second-order valence-corrected chi connectivity index (χ2v) is 5.42. The van der Waals surface area contributed by atoms with Crippen LogP contribution in [0.5, 0.6) is 5.75 Å². The number of esters is 1. The first kappa shape index (κ1) is 19.3. The van der Waals surface area contributed by atoms with E-state index in [9.17, 15) is 22.8 Å². The number of hydrogen-bond acceptors (Lipinski definition) is 4. The van der Waals surface area contributed by atoms with Gasteiger partial charge in [-0.2, -0.15) is 0 Å². The van der Waals surface area contributed by atoms with E-state index in [1.54, 1.807) is 31.2 Å². The van der Waals surface area contributed by atoms with Crippen LogP contribution >= 0.6 is 0 Å². The first-order valence-electron chi connectivity index (χ1n) is 7.59. The molecule has 2 rings (SSSR count). The number of amides is 1. The largest absolute Gasteiger partial charge is 0.573 e. The maximum absolute atomic E-state index is 12.1. The number of benzene rings is 2. The molecule has 0 fully saturated rings. The summed E-state index contributed by atoms with van der Waals surface area (Å²) in [6.45, 7) is 3.14. The second kappa shape index (κ2) is 7.90. The molecule has 1 amide bonds. The molecule has 1 N–H and O–H groups in total. The highest BCUT2D eigenvalue weighted by molar-refractivity contribution is 5.97. The summed E-state index contributed by atoms with van der Waals surface area (Å²) in [5.41, 5.74) is 1.30. The first-order valence-corrected chi connectivity index (χ1v) is 7.59. The molecular formula is C18H16F3NO4. The number of carbonyl (C=O) groups excluding carboxylic acids is 2. The van der Waals surface area contributed by atoms with Crippen molar-refractivity contribution in [2.24, 2.45) is 0 Å². The molecule has 0 spiro atoms. The molecular weight excluding hydrogens is 351 g/mol. The van der Waals surface area contributed by atoms with Crippen LogP contribution in [0.25, 0.3) is 0 Å². The van der Waals surface area contributed by atoms with Crippen LogP contribution in [-0.2, 0) is 9.53 Å². The molecule has 2 aromatic rings. The topological polar surface area (TPSA) is 64.6 Å². The summed E-state index contributed by atoms with van der Waals surface area (Å²) >= 11 is 0. The Balaban J connectivity index is 1.94. The first-order chi connectivity index (χ1) is 12.2. The van der Waals surface area contributed by atoms with Crippen LogP contribution in [0.3, 0.4) is 0 Å². The highest BCUT2D eigenvalue weighted by Crippen LogP contribution is 2.24. The van der Waals surface area contributed by atoms with E-state index in [1.165, 1.54) is 19.1 Å². The van der Waals surface area contributed by atoms with Gasteiger partial charge in [0.1, 0.15) is 5.75 Å². The predicted molar refractivity (Wildman–Crippen MR) is 87.8 cm³/mol. The SMILES string of the molecule is Cc1ccccc1C(=O)OC(C)C(=O)Nc1ccc(OC(F)(F)F)cc1. The second-order valence-electron chi connectivity index (χ2n) is 5.42. The van der Waals surface area contributed by atoms with Gasteiger partial charge in [-0.25, -0.2) is 4.79 Å². The van der Waals surface area contributed by atoms with Crippen molar-refractivity contribution in [3.63, 3.8) is 0 Å². The van der Waals surface area contributed by atoms with Gasteiger partial charge in [0, 0.05) is 5.69 Å². The molecule has 0 aliphatic carbocycles. The minimum atomic E-state index is -4.79. The zero-order valence-electron chi connectivity index (χ0n) is 14.0. The third-order valence-corrected chi connectivity index (χ3v) is 3.37. The summed E-state index contributed by atoms with van der Waals surface area (Å²) in [7, 11) is 0. The van der Waals surface area contributed by atoms with E-state index in [0.717, 1.165) is 12.1 Å². The molecule has 1 unspecified atom stereocenters. The lowest BCUT2D eigenvalue weighted by Gasteiger charge is -2.15. The Morgan fingerprint density at radius 1 is 1.04 bits per heavy atom. The van der Waals surface area contributed by atoms with E-state index in [2.05, 4.69) is 10.1 Å². The van der Waals surface area contributed by atoms with Gasteiger partial charge in [-0.3, -0.25) is 4.79 Å². The molecule has 0 heterocycles. The van der Waals surface area contributed by atoms with Crippen LogP contribution in [0.15, 0.2) is 48.5 Å². The summed E-state index contributed by atoms with van der Waals surface area (Å²) in [4.78, 5) is 24.2. The van der Waals surface area contributed by atoms with Crippen LogP contribution < -0.4 is 10.1 Å². The Morgan fingerprint density at radius 3 is 2.23 bits per heavy atom. The van der Waals surface area contributed by atoms with Crippen molar-refractivity contribution in [3.8, 4) is 5.75 Å². The summed E-state index contributed by atoms with van der Waals surface area (Å²) in [6, 6.07) is 11.4. The summed E-state index contributed by atoms with van der Waals surface area (Å²) < 4.78 is 45.2. The van der Waals surface area contributed by atoms with Crippen molar-refractivity contribution in [2.45, 2.75) is 26.3 Å². The zero-order valence-corrected chi connectivity index (χ0v) is 14.0. The van der Waals surface area contributed by atoms with Crippen molar-refractivity contribution >= 4 is 17.6 Å². The zero-order chi connectivity index (χ0) is 19.3. The summed E-state index contributed by atoms with van der Waals surface area (Å²) in [5, 5.41) is 2.45. The monoisotopic (exact) mass is 367 g/mol. The Kier molecular flexibility index (Phi) is 5.86. The van der Waals surface area contributed by atoms with Gasteiger partial charge in [0.15, 0.2) is 6.10 Å². The van der Waals surface area contributed by atoms with Crippen LogP contribution in [0.1, 0.15) is 22.8 Å². The standard InChI is InChI=1S/C18H16F3NO4/c1-11-5-3-4-6-15(11)17(24)25-12(2)16(23)22-13-7-9-14(10-8-13)26-18(19,20)21/h3-10,12H,1-2H3,(H,22,23). The molecule has 2 aromatic carbocycles. The fourth-order valence-electron chi connectivity index (χ4n) is 2.06. The van der Waals surface area contributed by atoms with Crippen molar-refractivity contribution in [1.29, 1.82) is 0 Å². The number of halogens is 3. The number of hydrogen-bond donors (Lipinski definition) is 1. The number of rotatable bonds is 5. The molecule has 8 heteroatoms. The predicted octanol–water partition coefficient (Wildman–Crippen LogP) is 4.08. The van der Waals surface area contributed by atoms with Crippen LogP contribution in [0, 0.1) is 6.92 Å². The van der Waals surface area contributed by atoms with Gasteiger partial charge in [0.05, 0.1) is 5.56 Å². The van der Waals surface area contributed by atoms with Crippen molar-refractivity contribution in [3.05, 3.63) is 59.7 Å². The van der Waals surface area contributed by atoms with Gasteiger partial charge in [-0.05, 0) is 49.7 Å². The number of nitrogens with one attached hydrogen (secondary N) is 1. The number of carbonyl (C=O) groups is 2. The summed E-state index contributed by atoms with van der Waals surface area (Å²) in [5.74, 6) is -1.66. The van der Waals surface area contributed by atoms with E-state index in [-0.39, 0.29) is 5.69 Å². The quantitative estimate of drug-likeness (QED) is 0.809. The lowest BCUT2D eigenvalue weighted by atomic mass is 10.1. The van der Waals surface area contributed by atoms with Crippen molar-refractivity contribution in [1.82, 2.24) is 0 Å². The number of aryl methyl sites for hydroxylation is 1. The molecule has 26 heavy (non-hydrogen) atoms. The third-order valence-electron chi connectivity index (χ3n) is 3.37. The average Bonchev–Trinajstić information content (AvgIpc) is 2.55. The summed E-state index contributed by atoms with van der Waals surface area (Å²) in [6.07, 6.45) is -5.88. The average molecular weight is 367 g/mol. The van der Waals surface area contributed by atoms with Crippen molar-refractivity contribution in [2.75, 3.05) is 5.32 Å². The van der Waals surface area contributed by atoms with Crippen LogP contribution in [0.4, 0.5) is 18.9 Å². The van der Waals surface area contributed by atoms with E-state index < -0.39 is 30.1 Å². The minimum Gasteiger partial charge on any atom is -0.449 e. The molecule has 5 nitrogen and oxygen atoms in total. The molecule has 0 saturated heterocycles. The third kappa shape index (κ3) is 5.51. The number of ether oxygens (including phenoxy) is 2. The molecule has 1 atom stereocenters. The Hall–Kier alpha value is -3.03. The Labute approximate surface area is 147 Å². The normalized spacial score (nSPS) is 12.2. The molecule has 0 aliphatic rings. The lowest BCUT2D eigenvalue weighted by molar-refractivity contribution is -0.274. The van der Waals surface area contributed by atoms with E-state index in [1.807, 2.05) is 0 Å². The number of anilines is 1. The molecule has 0 bridgehead atoms. The Morgan fingerprint density at radius 2 is 1.65 bits per heavy atom. The van der Waals surface area contributed by atoms with Gasteiger partial charge < -0.3 is 14.8 Å². The maximum Gasteiger partial charge on any atom is 0.573 e.